The minimum absolute atomic E-state index is 0.0655. The van der Waals surface area contributed by atoms with Crippen LogP contribution in [0.2, 0.25) is 0 Å². The van der Waals surface area contributed by atoms with Gasteiger partial charge in [-0.05, 0) is 83.5 Å². The third kappa shape index (κ3) is 13.3. The predicted octanol–water partition coefficient (Wildman–Crippen LogP) is 9.37. The van der Waals surface area contributed by atoms with Crippen LogP contribution in [0, 0.1) is 33.0 Å². The third-order valence-corrected chi connectivity index (χ3v) is 9.41. The number of benzene rings is 2. The standard InChI is InChI=1S/C41H64O7/c1-32(2)24-40(38(6,7)8,30-47-35-16-12-33(25-42)13-17-35)28-45-22-20-44-21-23-46-29-41(39(9,10)11,27-37(3,4)5)31-48-36-18-14-34(26-43)15-19-36/h12-19,25-26,32H,20-24,27-31H2,1-11H3. The van der Waals surface area contributed by atoms with Crippen LogP contribution in [0.25, 0.3) is 0 Å². The monoisotopic (exact) mass is 668 g/mol. The molecule has 2 unspecified atom stereocenters. The van der Waals surface area contributed by atoms with Gasteiger partial charge >= 0.3 is 0 Å². The van der Waals surface area contributed by atoms with E-state index in [-0.39, 0.29) is 27.1 Å². The number of ether oxygens (including phenoxy) is 5. The first-order valence-corrected chi connectivity index (χ1v) is 17.4. The smallest absolute Gasteiger partial charge is 0.150 e. The molecule has 0 bridgehead atoms. The molecular formula is C41H64O7. The van der Waals surface area contributed by atoms with Crippen molar-refractivity contribution in [3.63, 3.8) is 0 Å². The van der Waals surface area contributed by atoms with E-state index in [1.165, 1.54) is 0 Å². The van der Waals surface area contributed by atoms with Crippen LogP contribution >= 0.6 is 0 Å². The second kappa shape index (κ2) is 18.3. The molecule has 2 atom stereocenters. The Morgan fingerprint density at radius 3 is 1.27 bits per heavy atom. The number of carbonyl (C=O) groups excluding carboxylic acids is 2. The fourth-order valence-electron chi connectivity index (χ4n) is 6.14. The molecule has 0 N–H and O–H groups in total. The lowest BCUT2D eigenvalue weighted by Gasteiger charge is -2.47. The molecule has 7 nitrogen and oxygen atoms in total. The first-order valence-electron chi connectivity index (χ1n) is 17.4. The maximum absolute atomic E-state index is 11.1. The van der Waals surface area contributed by atoms with Gasteiger partial charge in [0, 0.05) is 22.0 Å². The molecule has 0 radical (unpaired) electrons. The zero-order valence-electron chi connectivity index (χ0n) is 31.8. The van der Waals surface area contributed by atoms with E-state index < -0.39 is 0 Å². The van der Waals surface area contributed by atoms with Crippen LogP contribution in [0.3, 0.4) is 0 Å². The molecule has 0 saturated heterocycles. The van der Waals surface area contributed by atoms with E-state index in [2.05, 4.69) is 76.2 Å². The molecule has 48 heavy (non-hydrogen) atoms. The molecule has 0 aliphatic rings. The van der Waals surface area contributed by atoms with Crippen molar-refractivity contribution >= 4 is 12.6 Å². The highest BCUT2D eigenvalue weighted by Gasteiger charge is 2.46. The van der Waals surface area contributed by atoms with Crippen LogP contribution in [0.15, 0.2) is 48.5 Å². The van der Waals surface area contributed by atoms with Gasteiger partial charge in [-0.2, -0.15) is 0 Å². The molecule has 7 heteroatoms. The highest BCUT2D eigenvalue weighted by Crippen LogP contribution is 2.48. The lowest BCUT2D eigenvalue weighted by Crippen LogP contribution is -2.47. The van der Waals surface area contributed by atoms with Crippen molar-refractivity contribution in [1.29, 1.82) is 0 Å². The minimum atomic E-state index is -0.247. The van der Waals surface area contributed by atoms with Gasteiger partial charge < -0.3 is 23.7 Å². The van der Waals surface area contributed by atoms with E-state index in [1.54, 1.807) is 24.3 Å². The summed E-state index contributed by atoms with van der Waals surface area (Å²) in [4.78, 5) is 22.1. The maximum atomic E-state index is 11.1. The molecule has 0 saturated carbocycles. The fourth-order valence-corrected chi connectivity index (χ4v) is 6.14. The van der Waals surface area contributed by atoms with Gasteiger partial charge in [-0.15, -0.1) is 0 Å². The van der Waals surface area contributed by atoms with Crippen LogP contribution in [-0.2, 0) is 14.2 Å². The molecule has 0 fully saturated rings. The van der Waals surface area contributed by atoms with Crippen LogP contribution < -0.4 is 9.47 Å². The molecule has 0 aromatic heterocycles. The third-order valence-electron chi connectivity index (χ3n) is 9.41. The summed E-state index contributed by atoms with van der Waals surface area (Å²) < 4.78 is 31.1. The average molecular weight is 669 g/mol. The van der Waals surface area contributed by atoms with E-state index in [4.69, 9.17) is 23.7 Å². The first-order chi connectivity index (χ1) is 22.4. The van der Waals surface area contributed by atoms with Crippen molar-refractivity contribution in [3.05, 3.63) is 59.7 Å². The summed E-state index contributed by atoms with van der Waals surface area (Å²) in [5.74, 6) is 1.96. The molecule has 270 valence electrons. The van der Waals surface area contributed by atoms with Gasteiger partial charge in [0.1, 0.15) is 24.1 Å². The Hall–Kier alpha value is -2.74. The van der Waals surface area contributed by atoms with Gasteiger partial charge in [-0.25, -0.2) is 0 Å². The topological polar surface area (TPSA) is 80.3 Å². The number of carbonyl (C=O) groups is 2. The Morgan fingerprint density at radius 2 is 0.917 bits per heavy atom. The zero-order valence-corrected chi connectivity index (χ0v) is 31.8. The van der Waals surface area contributed by atoms with Crippen LogP contribution in [-0.4, -0.2) is 65.4 Å². The summed E-state index contributed by atoms with van der Waals surface area (Å²) in [6.45, 7) is 28.7. The highest BCUT2D eigenvalue weighted by molar-refractivity contribution is 5.75. The molecule has 0 spiro atoms. The van der Waals surface area contributed by atoms with Crippen molar-refractivity contribution < 1.29 is 33.3 Å². The summed E-state index contributed by atoms with van der Waals surface area (Å²) in [6, 6.07) is 14.5. The highest BCUT2D eigenvalue weighted by atomic mass is 16.5. The quantitative estimate of drug-likeness (QED) is 0.0969. The van der Waals surface area contributed by atoms with Gasteiger partial charge in [0.2, 0.25) is 0 Å². The van der Waals surface area contributed by atoms with Crippen molar-refractivity contribution in [2.75, 3.05) is 52.9 Å². The maximum Gasteiger partial charge on any atom is 0.150 e. The van der Waals surface area contributed by atoms with Crippen molar-refractivity contribution in [1.82, 2.24) is 0 Å². The lowest BCUT2D eigenvalue weighted by atomic mass is 9.61. The Morgan fingerprint density at radius 1 is 0.542 bits per heavy atom. The largest absolute Gasteiger partial charge is 0.493 e. The summed E-state index contributed by atoms with van der Waals surface area (Å²) in [7, 11) is 0. The zero-order chi connectivity index (χ0) is 36.1. The first kappa shape index (κ1) is 41.4. The molecule has 0 aliphatic carbocycles. The van der Waals surface area contributed by atoms with Gasteiger partial charge in [0.25, 0.3) is 0 Å². The normalized spacial score (nSPS) is 15.1. The van der Waals surface area contributed by atoms with Crippen molar-refractivity contribution in [2.24, 2.45) is 33.0 Å². The van der Waals surface area contributed by atoms with Crippen LogP contribution in [0.1, 0.15) is 110 Å². The van der Waals surface area contributed by atoms with E-state index in [1.807, 2.05) is 24.3 Å². The van der Waals surface area contributed by atoms with Crippen LogP contribution in [0.4, 0.5) is 0 Å². The minimum Gasteiger partial charge on any atom is -0.493 e. The van der Waals surface area contributed by atoms with Crippen molar-refractivity contribution in [2.45, 2.75) is 89.0 Å². The second-order valence-electron chi connectivity index (χ2n) is 17.1. The van der Waals surface area contributed by atoms with Gasteiger partial charge in [-0.1, -0.05) is 76.2 Å². The number of rotatable bonds is 21. The number of aldehydes is 2. The average Bonchev–Trinajstić information content (AvgIpc) is 2.99. The Bertz CT molecular complexity index is 1220. The van der Waals surface area contributed by atoms with E-state index in [9.17, 15) is 9.59 Å². The summed E-state index contributed by atoms with van der Waals surface area (Å²) in [5.41, 5.74) is 0.717. The molecular weight excluding hydrogens is 604 g/mol. The molecule has 0 heterocycles. The molecule has 0 amide bonds. The molecule has 2 aromatic carbocycles. The van der Waals surface area contributed by atoms with Gasteiger partial charge in [-0.3, -0.25) is 9.59 Å². The van der Waals surface area contributed by atoms with Gasteiger partial charge in [0.15, 0.2) is 0 Å². The van der Waals surface area contributed by atoms with E-state index in [0.29, 0.717) is 69.9 Å². The van der Waals surface area contributed by atoms with E-state index >= 15 is 0 Å². The van der Waals surface area contributed by atoms with Crippen LogP contribution in [0.5, 0.6) is 11.5 Å². The second-order valence-corrected chi connectivity index (χ2v) is 17.1. The lowest BCUT2D eigenvalue weighted by molar-refractivity contribution is -0.0925. The van der Waals surface area contributed by atoms with Gasteiger partial charge in [0.05, 0.1) is 52.9 Å². The Balaban J connectivity index is 1.93. The fraction of sp³-hybridized carbons (Fsp3) is 0.659. The SMILES string of the molecule is CC(C)CC(COCCOCCOCC(COc1ccc(C=O)cc1)(CC(C)(C)C)C(C)(C)C)(COc1ccc(C=O)cc1)C(C)(C)C. The van der Waals surface area contributed by atoms with E-state index in [0.717, 1.165) is 36.9 Å². The summed E-state index contributed by atoms with van der Waals surface area (Å²) >= 11 is 0. The summed E-state index contributed by atoms with van der Waals surface area (Å²) in [5, 5.41) is 0. The summed E-state index contributed by atoms with van der Waals surface area (Å²) in [6.07, 6.45) is 3.55. The predicted molar refractivity (Wildman–Crippen MR) is 194 cm³/mol. The molecule has 2 rings (SSSR count). The molecule has 0 aliphatic heterocycles. The molecule has 2 aromatic rings. The van der Waals surface area contributed by atoms with Crippen molar-refractivity contribution in [3.8, 4) is 11.5 Å². The number of hydrogen-bond donors (Lipinski definition) is 0. The Labute approximate surface area is 291 Å². The number of hydrogen-bond acceptors (Lipinski definition) is 7. The Kier molecular flexibility index (Phi) is 15.8.